The minimum atomic E-state index is -0.931. The molecular formula is C25H43NO5Ti. The van der Waals surface area contributed by atoms with Crippen molar-refractivity contribution < 1.29 is 43.5 Å². The van der Waals surface area contributed by atoms with Gasteiger partial charge >= 0.3 is 35.7 Å². The molecule has 0 spiro atoms. The van der Waals surface area contributed by atoms with Crippen LogP contribution >= 0.6 is 0 Å². The Morgan fingerprint density at radius 2 is 1.12 bits per heavy atom. The number of benzene rings is 1. The predicted octanol–water partition coefficient (Wildman–Crippen LogP) is 7.03. The summed E-state index contributed by atoms with van der Waals surface area (Å²) in [5, 5.41) is 17.0. The fraction of sp³-hybridized carbons (Fsp3) is 0.680. The summed E-state index contributed by atoms with van der Waals surface area (Å²) in [6.45, 7) is 4.61. The van der Waals surface area contributed by atoms with E-state index in [9.17, 15) is 9.59 Å². The molecule has 0 fully saturated rings. The van der Waals surface area contributed by atoms with E-state index in [-0.39, 0.29) is 5.56 Å². The summed E-state index contributed by atoms with van der Waals surface area (Å²) in [6, 6.07) is 6.06. The Morgan fingerprint density at radius 1 is 0.750 bits per heavy atom. The first kappa shape index (κ1) is 32.7. The Morgan fingerprint density at radius 3 is 1.47 bits per heavy atom. The summed E-state index contributed by atoms with van der Waals surface area (Å²) in [5.41, 5.74) is 6.17. The van der Waals surface area contributed by atoms with Crippen molar-refractivity contribution in [1.82, 2.24) is 0 Å². The molecule has 32 heavy (non-hydrogen) atoms. The molecule has 4 N–H and O–H groups in total. The van der Waals surface area contributed by atoms with Crippen LogP contribution in [0, 0.1) is 5.92 Å². The molecule has 1 rings (SSSR count). The first-order chi connectivity index (χ1) is 15.3. The van der Waals surface area contributed by atoms with E-state index in [1.54, 1.807) is 12.1 Å². The monoisotopic (exact) mass is 485 g/mol. The SMILES string of the molecule is CC(C)CCCCCCCCCCCCCCC(=O)O.Nc1ccc(C(=O)O)cc1.[O]=[Ti]. The van der Waals surface area contributed by atoms with Gasteiger partial charge in [0, 0.05) is 12.1 Å². The molecule has 182 valence electrons. The third kappa shape index (κ3) is 24.7. The molecule has 7 heteroatoms. The van der Waals surface area contributed by atoms with Crippen LogP contribution < -0.4 is 5.73 Å². The number of hydrogen-bond donors (Lipinski definition) is 3. The zero-order valence-electron chi connectivity index (χ0n) is 20.0. The van der Waals surface area contributed by atoms with Crippen molar-refractivity contribution in [2.75, 3.05) is 5.73 Å². The number of nitrogen functional groups attached to an aromatic ring is 1. The summed E-state index contributed by atoms with van der Waals surface area (Å²) in [4.78, 5) is 20.6. The molecule has 6 nitrogen and oxygen atoms in total. The van der Waals surface area contributed by atoms with Crippen LogP contribution in [-0.2, 0) is 28.5 Å². The van der Waals surface area contributed by atoms with Gasteiger partial charge in [-0.05, 0) is 36.6 Å². The summed E-state index contributed by atoms with van der Waals surface area (Å²) in [7, 11) is 0. The molecule has 0 atom stereocenters. The Kier molecular flexibility index (Phi) is 24.6. The van der Waals surface area contributed by atoms with Gasteiger partial charge in [-0.15, -0.1) is 0 Å². The van der Waals surface area contributed by atoms with Crippen LogP contribution in [0.25, 0.3) is 0 Å². The van der Waals surface area contributed by atoms with Crippen LogP contribution in [0.15, 0.2) is 24.3 Å². The molecule has 0 saturated heterocycles. The molecule has 0 aliphatic rings. The van der Waals surface area contributed by atoms with Crippen molar-refractivity contribution in [3.8, 4) is 0 Å². The molecule has 0 bridgehead atoms. The van der Waals surface area contributed by atoms with Crippen LogP contribution in [0.4, 0.5) is 5.69 Å². The summed E-state index contributed by atoms with van der Waals surface area (Å²) in [5.74, 6) is -0.719. The molecule has 0 heterocycles. The van der Waals surface area contributed by atoms with E-state index in [1.807, 2.05) is 0 Å². The zero-order valence-corrected chi connectivity index (χ0v) is 21.5. The van der Waals surface area contributed by atoms with Crippen LogP contribution in [-0.4, -0.2) is 22.2 Å². The van der Waals surface area contributed by atoms with Gasteiger partial charge in [-0.25, -0.2) is 4.79 Å². The van der Waals surface area contributed by atoms with Gasteiger partial charge in [0.1, 0.15) is 0 Å². The molecule has 0 unspecified atom stereocenters. The Hall–Kier alpha value is -1.53. The first-order valence-electron chi connectivity index (χ1n) is 11.8. The Labute approximate surface area is 206 Å². The van der Waals surface area contributed by atoms with E-state index in [0.717, 1.165) is 39.2 Å². The van der Waals surface area contributed by atoms with Crippen molar-refractivity contribution >= 4 is 17.6 Å². The minimum absolute atomic E-state index is 0.259. The van der Waals surface area contributed by atoms with Crippen molar-refractivity contribution in [2.45, 2.75) is 104 Å². The van der Waals surface area contributed by atoms with Crippen LogP contribution in [0.1, 0.15) is 114 Å². The number of nitrogens with two attached hydrogens (primary N) is 1. The molecule has 0 aliphatic heterocycles. The summed E-state index contributed by atoms with van der Waals surface area (Å²) >= 11 is 0.750. The number of carboxylic acids is 2. The van der Waals surface area contributed by atoms with E-state index < -0.39 is 11.9 Å². The number of rotatable bonds is 16. The van der Waals surface area contributed by atoms with Gasteiger partial charge in [0.05, 0.1) is 5.56 Å². The van der Waals surface area contributed by atoms with Gasteiger partial charge in [-0.3, -0.25) is 4.79 Å². The van der Waals surface area contributed by atoms with E-state index in [2.05, 4.69) is 13.8 Å². The van der Waals surface area contributed by atoms with Crippen molar-refractivity contribution in [2.24, 2.45) is 5.92 Å². The van der Waals surface area contributed by atoms with Crippen molar-refractivity contribution in [3.63, 3.8) is 0 Å². The average Bonchev–Trinajstić information content (AvgIpc) is 2.75. The second-order valence-corrected chi connectivity index (χ2v) is 8.50. The molecule has 0 aliphatic carbocycles. The van der Waals surface area contributed by atoms with Crippen molar-refractivity contribution in [1.29, 1.82) is 0 Å². The molecule has 0 radical (unpaired) electrons. The number of anilines is 1. The fourth-order valence-corrected chi connectivity index (χ4v) is 3.22. The first-order valence-corrected chi connectivity index (χ1v) is 12.5. The standard InChI is InChI=1S/C18H36O2.C7H7NO2.O.Ti/c1-17(2)15-13-11-9-7-5-3-4-6-8-10-12-14-16-18(19)20;8-6-3-1-5(2-4-6)7(9)10;;/h17H,3-16H2,1-2H3,(H,19,20);1-4H,8H2,(H,9,10);;. The van der Waals surface area contributed by atoms with E-state index in [0.29, 0.717) is 12.1 Å². The van der Waals surface area contributed by atoms with Crippen LogP contribution in [0.3, 0.4) is 0 Å². The topological polar surface area (TPSA) is 118 Å². The molecule has 0 amide bonds. The van der Waals surface area contributed by atoms with Gasteiger partial charge in [0.25, 0.3) is 0 Å². The third-order valence-electron chi connectivity index (χ3n) is 5.08. The molecule has 1 aromatic carbocycles. The van der Waals surface area contributed by atoms with Gasteiger partial charge in [-0.1, -0.05) is 90.9 Å². The molecule has 1 aromatic rings. The molecular weight excluding hydrogens is 442 g/mol. The number of carboxylic acid groups (broad SMARTS) is 2. The number of aliphatic carboxylic acids is 1. The van der Waals surface area contributed by atoms with Gasteiger partial charge < -0.3 is 15.9 Å². The summed E-state index contributed by atoms with van der Waals surface area (Å²) in [6.07, 6.45) is 17.3. The van der Waals surface area contributed by atoms with E-state index in [1.165, 1.54) is 82.8 Å². The Bertz CT molecular complexity index is 578. The number of aromatic carboxylic acids is 1. The molecule has 0 aromatic heterocycles. The quantitative estimate of drug-likeness (QED) is 0.131. The number of carbonyl (C=O) groups is 2. The second-order valence-electron chi connectivity index (χ2n) is 8.50. The van der Waals surface area contributed by atoms with Crippen LogP contribution in [0.5, 0.6) is 0 Å². The number of unbranched alkanes of at least 4 members (excludes halogenated alkanes) is 11. The van der Waals surface area contributed by atoms with E-state index >= 15 is 0 Å². The third-order valence-corrected chi connectivity index (χ3v) is 5.08. The predicted molar refractivity (Wildman–Crippen MR) is 126 cm³/mol. The van der Waals surface area contributed by atoms with Gasteiger partial charge in [0.15, 0.2) is 0 Å². The van der Waals surface area contributed by atoms with Gasteiger partial charge in [-0.2, -0.15) is 0 Å². The number of hydrogen-bond acceptors (Lipinski definition) is 4. The zero-order chi connectivity index (χ0) is 24.6. The average molecular weight is 485 g/mol. The summed E-state index contributed by atoms with van der Waals surface area (Å²) < 4.78 is 8.25. The maximum absolute atomic E-state index is 10.3. The second kappa shape index (κ2) is 24.1. The van der Waals surface area contributed by atoms with E-state index in [4.69, 9.17) is 19.3 Å². The van der Waals surface area contributed by atoms with Crippen LogP contribution in [0.2, 0.25) is 0 Å². The normalized spacial score (nSPS) is 9.94. The fourth-order valence-electron chi connectivity index (χ4n) is 3.22. The molecule has 0 saturated carbocycles. The van der Waals surface area contributed by atoms with Crippen molar-refractivity contribution in [3.05, 3.63) is 29.8 Å². The maximum atomic E-state index is 10.3. The van der Waals surface area contributed by atoms with Gasteiger partial charge in [0.2, 0.25) is 0 Å². The Balaban J connectivity index is 0.